The number of nitrogens with one attached hydrogen (secondary N) is 2. The predicted octanol–water partition coefficient (Wildman–Crippen LogP) is 4.39. The predicted molar refractivity (Wildman–Crippen MR) is 110 cm³/mol. The second-order valence-corrected chi connectivity index (χ2v) is 7.90. The van der Waals surface area contributed by atoms with Crippen LogP contribution in [0.25, 0.3) is 21.1 Å². The molecule has 0 saturated heterocycles. The van der Waals surface area contributed by atoms with Gasteiger partial charge in [-0.1, -0.05) is 6.07 Å². The molecule has 138 valence electrons. The molecule has 3 aromatic heterocycles. The third kappa shape index (κ3) is 2.84. The molecule has 1 aromatic carbocycles. The minimum absolute atomic E-state index is 0.207. The van der Waals surface area contributed by atoms with Crippen LogP contribution in [-0.2, 0) is 0 Å². The normalized spacial score (nSPS) is 11.6. The molecular formula is C20H20N4O2S. The number of carbonyl (C=O) groups is 1. The lowest BCUT2D eigenvalue weighted by molar-refractivity contribution is 0.103. The molecule has 3 heterocycles. The summed E-state index contributed by atoms with van der Waals surface area (Å²) in [7, 11) is 0. The fourth-order valence-corrected chi connectivity index (χ4v) is 4.52. The second-order valence-electron chi connectivity index (χ2n) is 6.90. The van der Waals surface area contributed by atoms with E-state index in [0.29, 0.717) is 32.5 Å². The zero-order chi connectivity index (χ0) is 19.3. The molecule has 6 nitrogen and oxygen atoms in total. The van der Waals surface area contributed by atoms with Gasteiger partial charge in [-0.05, 0) is 51.5 Å². The maximum atomic E-state index is 12.9. The lowest BCUT2D eigenvalue weighted by Gasteiger charge is -2.11. The average Bonchev–Trinajstić information content (AvgIpc) is 3.17. The van der Waals surface area contributed by atoms with Crippen LogP contribution in [0.2, 0.25) is 0 Å². The number of anilines is 1. The Kier molecular flexibility index (Phi) is 4.11. The van der Waals surface area contributed by atoms with Gasteiger partial charge in [0.2, 0.25) is 0 Å². The van der Waals surface area contributed by atoms with Gasteiger partial charge in [0.05, 0.1) is 21.5 Å². The Labute approximate surface area is 159 Å². The molecule has 0 spiro atoms. The fourth-order valence-electron chi connectivity index (χ4n) is 3.39. The van der Waals surface area contributed by atoms with Crippen molar-refractivity contribution in [3.05, 3.63) is 57.1 Å². The summed E-state index contributed by atoms with van der Waals surface area (Å²) in [6.45, 7) is 7.76. The Hall–Kier alpha value is -2.93. The summed E-state index contributed by atoms with van der Waals surface area (Å²) in [5.74, 6) is 0.317. The topological polar surface area (TPSA) is 79.8 Å². The number of rotatable bonds is 3. The number of benzene rings is 1. The fraction of sp³-hybridized carbons (Fsp3) is 0.250. The van der Waals surface area contributed by atoms with E-state index in [0.717, 1.165) is 16.6 Å². The van der Waals surface area contributed by atoms with Gasteiger partial charge in [-0.2, -0.15) is 0 Å². The van der Waals surface area contributed by atoms with E-state index in [4.69, 9.17) is 0 Å². The van der Waals surface area contributed by atoms with Crippen LogP contribution in [0.3, 0.4) is 0 Å². The number of hydrogen-bond acceptors (Lipinski definition) is 4. The van der Waals surface area contributed by atoms with E-state index in [1.54, 1.807) is 13.8 Å². The number of aromatic amines is 1. The first-order chi connectivity index (χ1) is 12.9. The summed E-state index contributed by atoms with van der Waals surface area (Å²) in [6, 6.07) is 8.21. The maximum absolute atomic E-state index is 12.9. The van der Waals surface area contributed by atoms with Crippen molar-refractivity contribution in [3.8, 4) is 0 Å². The van der Waals surface area contributed by atoms with Crippen LogP contribution in [0, 0.1) is 13.8 Å². The lowest BCUT2D eigenvalue weighted by atomic mass is 10.2. The van der Waals surface area contributed by atoms with Crippen molar-refractivity contribution in [2.45, 2.75) is 33.7 Å². The van der Waals surface area contributed by atoms with Crippen molar-refractivity contribution < 1.29 is 4.79 Å². The summed E-state index contributed by atoms with van der Waals surface area (Å²) in [5.41, 5.74) is 2.28. The molecule has 0 aliphatic carbocycles. The molecule has 0 radical (unpaired) electrons. The Morgan fingerprint density at radius 2 is 2.04 bits per heavy atom. The van der Waals surface area contributed by atoms with Gasteiger partial charge < -0.3 is 14.9 Å². The molecule has 0 atom stereocenters. The number of aryl methyl sites for hydroxylation is 2. The van der Waals surface area contributed by atoms with Crippen LogP contribution in [0.5, 0.6) is 0 Å². The number of amides is 1. The quantitative estimate of drug-likeness (QED) is 0.553. The first kappa shape index (κ1) is 17.5. The standard InChI is InChI=1S/C20H20N4O2S/c1-10(2)24-9-8-13-14(6-5-7-15(13)24)23-19(26)17-11(3)16-18(25)21-12(4)22-20(16)27-17/h5-10H,1-4H3,(H,23,26)(H,21,22,25). The third-order valence-corrected chi connectivity index (χ3v) is 5.88. The van der Waals surface area contributed by atoms with Crippen LogP contribution < -0.4 is 10.9 Å². The van der Waals surface area contributed by atoms with E-state index in [9.17, 15) is 9.59 Å². The van der Waals surface area contributed by atoms with Crippen molar-refractivity contribution >= 4 is 44.1 Å². The van der Waals surface area contributed by atoms with Gasteiger partial charge in [-0.25, -0.2) is 4.98 Å². The molecule has 0 bridgehead atoms. The first-order valence-electron chi connectivity index (χ1n) is 8.77. The number of aromatic nitrogens is 3. The zero-order valence-corrected chi connectivity index (χ0v) is 16.4. The Bertz CT molecular complexity index is 1250. The van der Waals surface area contributed by atoms with Crippen molar-refractivity contribution in [2.75, 3.05) is 5.32 Å². The summed E-state index contributed by atoms with van der Waals surface area (Å²) in [5, 5.41) is 4.48. The van der Waals surface area contributed by atoms with Crippen molar-refractivity contribution in [3.63, 3.8) is 0 Å². The van der Waals surface area contributed by atoms with Crippen LogP contribution in [0.4, 0.5) is 5.69 Å². The minimum Gasteiger partial charge on any atom is -0.345 e. The van der Waals surface area contributed by atoms with E-state index in [1.807, 2.05) is 30.5 Å². The minimum atomic E-state index is -0.225. The van der Waals surface area contributed by atoms with Crippen LogP contribution in [0.1, 0.15) is 40.9 Å². The summed E-state index contributed by atoms with van der Waals surface area (Å²) in [4.78, 5) is 33.3. The molecule has 2 N–H and O–H groups in total. The highest BCUT2D eigenvalue weighted by Crippen LogP contribution is 2.30. The molecule has 27 heavy (non-hydrogen) atoms. The highest BCUT2D eigenvalue weighted by atomic mass is 32.1. The van der Waals surface area contributed by atoms with Crippen LogP contribution in [-0.4, -0.2) is 20.4 Å². The van der Waals surface area contributed by atoms with Crippen LogP contribution in [0.15, 0.2) is 35.3 Å². The van der Waals surface area contributed by atoms with Gasteiger partial charge in [0.25, 0.3) is 11.5 Å². The Balaban J connectivity index is 1.76. The molecule has 0 fully saturated rings. The van der Waals surface area contributed by atoms with E-state index in [-0.39, 0.29) is 11.5 Å². The Morgan fingerprint density at radius 1 is 1.26 bits per heavy atom. The van der Waals surface area contributed by atoms with Crippen molar-refractivity contribution in [1.82, 2.24) is 14.5 Å². The van der Waals surface area contributed by atoms with Gasteiger partial charge in [0.1, 0.15) is 10.7 Å². The van der Waals surface area contributed by atoms with E-state index in [2.05, 4.69) is 33.7 Å². The molecule has 0 saturated carbocycles. The largest absolute Gasteiger partial charge is 0.345 e. The molecular weight excluding hydrogens is 360 g/mol. The number of carbonyl (C=O) groups excluding carboxylic acids is 1. The number of hydrogen-bond donors (Lipinski definition) is 2. The van der Waals surface area contributed by atoms with Gasteiger partial charge in [0, 0.05) is 17.6 Å². The van der Waals surface area contributed by atoms with Crippen LogP contribution >= 0.6 is 11.3 Å². The maximum Gasteiger partial charge on any atom is 0.266 e. The molecule has 0 aliphatic heterocycles. The molecule has 4 aromatic rings. The van der Waals surface area contributed by atoms with Gasteiger partial charge in [-0.3, -0.25) is 9.59 Å². The SMILES string of the molecule is Cc1nc2sc(C(=O)Nc3cccc4c3ccn4C(C)C)c(C)c2c(=O)[nH]1. The monoisotopic (exact) mass is 380 g/mol. The van der Waals surface area contributed by atoms with E-state index in [1.165, 1.54) is 11.3 Å². The number of thiophene rings is 1. The number of H-pyrrole nitrogens is 1. The molecule has 4 rings (SSSR count). The first-order valence-corrected chi connectivity index (χ1v) is 9.59. The van der Waals surface area contributed by atoms with Gasteiger partial charge in [0.15, 0.2) is 0 Å². The molecule has 0 unspecified atom stereocenters. The molecule has 7 heteroatoms. The summed E-state index contributed by atoms with van der Waals surface area (Å²) >= 11 is 1.25. The van der Waals surface area contributed by atoms with Crippen molar-refractivity contribution in [1.29, 1.82) is 0 Å². The number of nitrogens with zero attached hydrogens (tertiary/aromatic N) is 2. The smallest absolute Gasteiger partial charge is 0.266 e. The molecule has 0 aliphatic rings. The summed E-state index contributed by atoms with van der Waals surface area (Å²) < 4.78 is 2.17. The van der Waals surface area contributed by atoms with E-state index < -0.39 is 0 Å². The molecule has 1 amide bonds. The van der Waals surface area contributed by atoms with E-state index >= 15 is 0 Å². The second kappa shape index (κ2) is 6.35. The highest BCUT2D eigenvalue weighted by Gasteiger charge is 2.20. The highest BCUT2D eigenvalue weighted by molar-refractivity contribution is 7.20. The van der Waals surface area contributed by atoms with Gasteiger partial charge in [-0.15, -0.1) is 11.3 Å². The third-order valence-electron chi connectivity index (χ3n) is 4.69. The zero-order valence-electron chi connectivity index (χ0n) is 15.6. The lowest BCUT2D eigenvalue weighted by Crippen LogP contribution is -2.13. The summed E-state index contributed by atoms with van der Waals surface area (Å²) in [6.07, 6.45) is 2.03. The number of fused-ring (bicyclic) bond motifs is 2. The van der Waals surface area contributed by atoms with Crippen molar-refractivity contribution in [2.24, 2.45) is 0 Å². The Morgan fingerprint density at radius 3 is 2.78 bits per heavy atom. The van der Waals surface area contributed by atoms with Gasteiger partial charge >= 0.3 is 0 Å². The average molecular weight is 380 g/mol.